The standard InChI is InChI=1S/C20H26N2O2S/c23-20(8-7-15-12-21-19-6-2-1-5-18(15)19)22(16-9-11-25-14-16)13-17-4-3-10-24-17/h1-2,5-6,12,16-17,21H,3-4,7-11,13-14H2. The lowest BCUT2D eigenvalue weighted by Gasteiger charge is -2.31. The van der Waals surface area contributed by atoms with E-state index in [1.54, 1.807) is 0 Å². The number of benzene rings is 1. The van der Waals surface area contributed by atoms with Crippen LogP contribution in [-0.4, -0.2) is 52.6 Å². The quantitative estimate of drug-likeness (QED) is 0.858. The average Bonchev–Trinajstić information content (AvgIpc) is 3.39. The second-order valence-corrected chi connectivity index (χ2v) is 8.21. The van der Waals surface area contributed by atoms with E-state index >= 15 is 0 Å². The smallest absolute Gasteiger partial charge is 0.223 e. The van der Waals surface area contributed by atoms with Gasteiger partial charge in [0.2, 0.25) is 5.91 Å². The number of nitrogens with one attached hydrogen (secondary N) is 1. The molecule has 2 atom stereocenters. The van der Waals surface area contributed by atoms with Gasteiger partial charge in [0.1, 0.15) is 0 Å². The first-order valence-corrected chi connectivity index (χ1v) is 10.5. The second-order valence-electron chi connectivity index (χ2n) is 7.06. The van der Waals surface area contributed by atoms with Gasteiger partial charge in [-0.3, -0.25) is 4.79 Å². The Balaban J connectivity index is 1.42. The topological polar surface area (TPSA) is 45.3 Å². The van der Waals surface area contributed by atoms with Crippen molar-refractivity contribution in [2.75, 3.05) is 24.7 Å². The molecule has 0 radical (unpaired) electrons. The number of hydrogen-bond acceptors (Lipinski definition) is 3. The number of H-pyrrole nitrogens is 1. The van der Waals surface area contributed by atoms with Crippen molar-refractivity contribution in [1.29, 1.82) is 0 Å². The Labute approximate surface area is 153 Å². The molecule has 2 fully saturated rings. The van der Waals surface area contributed by atoms with Gasteiger partial charge in [-0.2, -0.15) is 11.8 Å². The van der Waals surface area contributed by atoms with Gasteiger partial charge in [-0.05, 0) is 43.1 Å². The number of ether oxygens (including phenoxy) is 1. The Morgan fingerprint density at radius 1 is 1.32 bits per heavy atom. The van der Waals surface area contributed by atoms with Crippen LogP contribution in [-0.2, 0) is 16.0 Å². The third-order valence-electron chi connectivity index (χ3n) is 5.37. The highest BCUT2D eigenvalue weighted by Gasteiger charge is 2.30. The fourth-order valence-corrected chi connectivity index (χ4v) is 5.18. The van der Waals surface area contributed by atoms with E-state index in [9.17, 15) is 4.79 Å². The minimum atomic E-state index is 0.239. The maximum Gasteiger partial charge on any atom is 0.223 e. The van der Waals surface area contributed by atoms with Gasteiger partial charge >= 0.3 is 0 Å². The van der Waals surface area contributed by atoms with E-state index in [0.717, 1.165) is 50.1 Å². The van der Waals surface area contributed by atoms with Crippen LogP contribution in [0, 0.1) is 0 Å². The predicted molar refractivity (Wildman–Crippen MR) is 103 cm³/mol. The molecule has 0 aliphatic carbocycles. The van der Waals surface area contributed by atoms with E-state index in [4.69, 9.17) is 4.74 Å². The molecule has 0 bridgehead atoms. The number of aromatic nitrogens is 1. The molecule has 4 rings (SSSR count). The number of hydrogen-bond donors (Lipinski definition) is 1. The predicted octanol–water partition coefficient (Wildman–Crippen LogP) is 3.61. The maximum atomic E-state index is 13.0. The molecule has 0 saturated carbocycles. The van der Waals surface area contributed by atoms with Gasteiger partial charge in [-0.1, -0.05) is 18.2 Å². The summed E-state index contributed by atoms with van der Waals surface area (Å²) in [6.45, 7) is 1.62. The highest BCUT2D eigenvalue weighted by atomic mass is 32.2. The summed E-state index contributed by atoms with van der Waals surface area (Å²) in [6, 6.07) is 8.70. The van der Waals surface area contributed by atoms with E-state index < -0.39 is 0 Å². The van der Waals surface area contributed by atoms with Crippen molar-refractivity contribution in [2.24, 2.45) is 0 Å². The van der Waals surface area contributed by atoms with Gasteiger partial charge in [-0.25, -0.2) is 0 Å². The zero-order valence-electron chi connectivity index (χ0n) is 14.6. The largest absolute Gasteiger partial charge is 0.376 e. The van der Waals surface area contributed by atoms with Crippen molar-refractivity contribution in [1.82, 2.24) is 9.88 Å². The van der Waals surface area contributed by atoms with Crippen LogP contribution in [0.2, 0.25) is 0 Å². The second kappa shape index (κ2) is 7.83. The van der Waals surface area contributed by atoms with E-state index in [0.29, 0.717) is 12.5 Å². The lowest BCUT2D eigenvalue weighted by Crippen LogP contribution is -2.44. The third-order valence-corrected chi connectivity index (χ3v) is 6.52. The SMILES string of the molecule is O=C(CCc1c[nH]c2ccccc12)N(CC1CCCO1)C1CCSC1. The number of para-hydroxylation sites is 1. The fraction of sp³-hybridized carbons (Fsp3) is 0.550. The molecule has 1 amide bonds. The summed E-state index contributed by atoms with van der Waals surface area (Å²) in [5.74, 6) is 2.53. The molecule has 3 heterocycles. The summed E-state index contributed by atoms with van der Waals surface area (Å²) in [7, 11) is 0. The molecule has 2 aliphatic rings. The Bertz CT molecular complexity index is 717. The highest BCUT2D eigenvalue weighted by Crippen LogP contribution is 2.26. The first kappa shape index (κ1) is 17.0. The molecule has 2 unspecified atom stereocenters. The molecular formula is C20H26N2O2S. The summed E-state index contributed by atoms with van der Waals surface area (Å²) in [6.07, 6.45) is 7.00. The minimum Gasteiger partial charge on any atom is -0.376 e. The minimum absolute atomic E-state index is 0.239. The van der Waals surface area contributed by atoms with E-state index in [1.807, 2.05) is 24.0 Å². The molecule has 5 heteroatoms. The molecule has 4 nitrogen and oxygen atoms in total. The molecule has 0 spiro atoms. The summed E-state index contributed by atoms with van der Waals surface area (Å²) in [5.41, 5.74) is 2.38. The Morgan fingerprint density at radius 2 is 2.24 bits per heavy atom. The van der Waals surface area contributed by atoms with Crippen LogP contribution < -0.4 is 0 Å². The van der Waals surface area contributed by atoms with E-state index in [-0.39, 0.29) is 12.0 Å². The summed E-state index contributed by atoms with van der Waals surface area (Å²) in [4.78, 5) is 18.4. The Hall–Kier alpha value is -1.46. The molecule has 25 heavy (non-hydrogen) atoms. The third kappa shape index (κ3) is 3.87. The van der Waals surface area contributed by atoms with Gasteiger partial charge in [-0.15, -0.1) is 0 Å². The zero-order valence-corrected chi connectivity index (χ0v) is 15.4. The lowest BCUT2D eigenvalue weighted by atomic mass is 10.1. The monoisotopic (exact) mass is 358 g/mol. The number of aromatic amines is 1. The number of nitrogens with zero attached hydrogens (tertiary/aromatic N) is 1. The summed E-state index contributed by atoms with van der Waals surface area (Å²) >= 11 is 1.96. The van der Waals surface area contributed by atoms with Gasteiger partial charge in [0.15, 0.2) is 0 Å². The van der Waals surface area contributed by atoms with Crippen LogP contribution in [0.25, 0.3) is 10.9 Å². The van der Waals surface area contributed by atoms with Crippen molar-refractivity contribution >= 4 is 28.6 Å². The summed E-state index contributed by atoms with van der Waals surface area (Å²) < 4.78 is 5.80. The van der Waals surface area contributed by atoms with E-state index in [2.05, 4.69) is 28.1 Å². The zero-order chi connectivity index (χ0) is 17.1. The van der Waals surface area contributed by atoms with Gasteiger partial charge < -0.3 is 14.6 Å². The van der Waals surface area contributed by atoms with Crippen LogP contribution >= 0.6 is 11.8 Å². The number of thioether (sulfide) groups is 1. The van der Waals surface area contributed by atoms with Crippen LogP contribution in [0.1, 0.15) is 31.2 Å². The molecule has 2 saturated heterocycles. The normalized spacial score (nSPS) is 23.4. The molecular weight excluding hydrogens is 332 g/mol. The summed E-state index contributed by atoms with van der Waals surface area (Å²) in [5, 5.41) is 1.23. The molecule has 2 aromatic rings. The van der Waals surface area contributed by atoms with Crippen molar-refractivity contribution in [2.45, 2.75) is 44.2 Å². The number of carbonyl (C=O) groups is 1. The highest BCUT2D eigenvalue weighted by molar-refractivity contribution is 7.99. The molecule has 2 aliphatic heterocycles. The van der Waals surface area contributed by atoms with E-state index in [1.165, 1.54) is 16.7 Å². The number of rotatable bonds is 6. The number of amides is 1. The average molecular weight is 359 g/mol. The Kier molecular flexibility index (Phi) is 5.32. The first-order valence-electron chi connectivity index (χ1n) is 9.35. The van der Waals surface area contributed by atoms with Gasteiger partial charge in [0, 0.05) is 48.5 Å². The first-order chi connectivity index (χ1) is 12.3. The van der Waals surface area contributed by atoms with Gasteiger partial charge in [0.25, 0.3) is 0 Å². The Morgan fingerprint density at radius 3 is 3.04 bits per heavy atom. The maximum absolute atomic E-state index is 13.0. The number of aryl methyl sites for hydroxylation is 1. The molecule has 134 valence electrons. The molecule has 1 aromatic carbocycles. The fourth-order valence-electron chi connectivity index (χ4n) is 3.95. The van der Waals surface area contributed by atoms with Crippen LogP contribution in [0.15, 0.2) is 30.5 Å². The van der Waals surface area contributed by atoms with Crippen molar-refractivity contribution in [3.05, 3.63) is 36.0 Å². The molecule has 1 aromatic heterocycles. The van der Waals surface area contributed by atoms with Crippen molar-refractivity contribution in [3.63, 3.8) is 0 Å². The lowest BCUT2D eigenvalue weighted by molar-refractivity contribution is -0.134. The van der Waals surface area contributed by atoms with Crippen molar-refractivity contribution < 1.29 is 9.53 Å². The number of fused-ring (bicyclic) bond motifs is 1. The van der Waals surface area contributed by atoms with Crippen LogP contribution in [0.3, 0.4) is 0 Å². The van der Waals surface area contributed by atoms with Crippen LogP contribution in [0.4, 0.5) is 0 Å². The van der Waals surface area contributed by atoms with Crippen LogP contribution in [0.5, 0.6) is 0 Å². The van der Waals surface area contributed by atoms with Gasteiger partial charge in [0.05, 0.1) is 6.10 Å². The number of carbonyl (C=O) groups excluding carboxylic acids is 1. The molecule has 1 N–H and O–H groups in total. The van der Waals surface area contributed by atoms with Crippen molar-refractivity contribution in [3.8, 4) is 0 Å².